The number of nitrogens with one attached hydrogen (secondary N) is 1. The van der Waals surface area contributed by atoms with E-state index < -0.39 is 0 Å². The van der Waals surface area contributed by atoms with Crippen LogP contribution in [-0.2, 0) is 0 Å². The minimum absolute atomic E-state index is 0.0101. The molecule has 1 N–H and O–H groups in total. The van der Waals surface area contributed by atoms with Crippen molar-refractivity contribution in [3.8, 4) is 0 Å². The van der Waals surface area contributed by atoms with Gasteiger partial charge in [0.2, 0.25) is 0 Å². The van der Waals surface area contributed by atoms with Crippen LogP contribution >= 0.6 is 0 Å². The molecule has 7 heteroatoms. The Balaban J connectivity index is 1.45. The maximum Gasteiger partial charge on any atom is 0.274 e. The van der Waals surface area contributed by atoms with Crippen LogP contribution < -0.4 is 0 Å². The fourth-order valence-corrected chi connectivity index (χ4v) is 3.10. The maximum atomic E-state index is 12.8. The van der Waals surface area contributed by atoms with E-state index in [2.05, 4.69) is 15.0 Å². The lowest BCUT2D eigenvalue weighted by Gasteiger charge is -2.34. The maximum absolute atomic E-state index is 12.8. The summed E-state index contributed by atoms with van der Waals surface area (Å²) in [5.74, 6) is -0.156. The summed E-state index contributed by atoms with van der Waals surface area (Å²) in [6, 6.07) is 7.74. The van der Waals surface area contributed by atoms with Crippen LogP contribution in [0, 0.1) is 0 Å². The molecule has 1 aliphatic rings. The third-order valence-electron chi connectivity index (χ3n) is 4.46. The Hall–Kier alpha value is -3.22. The number of para-hydroxylation sites is 1. The van der Waals surface area contributed by atoms with E-state index in [9.17, 15) is 9.59 Å². The number of fused-ring (bicyclic) bond motifs is 1. The zero-order chi connectivity index (χ0) is 17.2. The molecule has 2 aromatic heterocycles. The summed E-state index contributed by atoms with van der Waals surface area (Å²) in [4.78, 5) is 39.8. The molecule has 126 valence electrons. The average Bonchev–Trinajstić information content (AvgIpc) is 3.12. The highest BCUT2D eigenvalue weighted by molar-refractivity contribution is 6.06. The quantitative estimate of drug-likeness (QED) is 0.770. The fraction of sp³-hybridized carbons (Fsp3) is 0.222. The first-order valence-corrected chi connectivity index (χ1v) is 8.15. The number of aromatic amines is 1. The fourth-order valence-electron chi connectivity index (χ4n) is 3.10. The van der Waals surface area contributed by atoms with Crippen LogP contribution in [0.4, 0.5) is 0 Å². The van der Waals surface area contributed by atoms with Gasteiger partial charge in [-0.2, -0.15) is 0 Å². The molecule has 0 aliphatic carbocycles. The van der Waals surface area contributed by atoms with Crippen molar-refractivity contribution in [3.63, 3.8) is 0 Å². The zero-order valence-corrected chi connectivity index (χ0v) is 13.6. The lowest BCUT2D eigenvalue weighted by atomic mass is 10.1. The Kier molecular flexibility index (Phi) is 3.89. The van der Waals surface area contributed by atoms with E-state index in [4.69, 9.17) is 0 Å². The summed E-state index contributed by atoms with van der Waals surface area (Å²) in [6.45, 7) is 1.99. The highest BCUT2D eigenvalue weighted by Gasteiger charge is 2.27. The molecule has 0 atom stereocenters. The minimum atomic E-state index is -0.146. The number of carbonyl (C=O) groups is 2. The summed E-state index contributed by atoms with van der Waals surface area (Å²) in [6.07, 6.45) is 6.26. The van der Waals surface area contributed by atoms with Crippen LogP contribution in [0.5, 0.6) is 0 Å². The van der Waals surface area contributed by atoms with E-state index in [1.807, 2.05) is 24.3 Å². The van der Waals surface area contributed by atoms with Crippen molar-refractivity contribution in [1.29, 1.82) is 0 Å². The number of amides is 2. The lowest BCUT2D eigenvalue weighted by Crippen LogP contribution is -2.50. The molecule has 0 saturated carbocycles. The van der Waals surface area contributed by atoms with Crippen molar-refractivity contribution < 1.29 is 9.59 Å². The van der Waals surface area contributed by atoms with Gasteiger partial charge in [-0.05, 0) is 6.07 Å². The van der Waals surface area contributed by atoms with Gasteiger partial charge in [-0.15, -0.1) is 0 Å². The number of aromatic nitrogens is 3. The molecule has 1 aromatic carbocycles. The number of nitrogens with zero attached hydrogens (tertiary/aromatic N) is 4. The summed E-state index contributed by atoms with van der Waals surface area (Å²) in [7, 11) is 0. The summed E-state index contributed by atoms with van der Waals surface area (Å²) in [5, 5.41) is 0.922. The van der Waals surface area contributed by atoms with Gasteiger partial charge < -0.3 is 14.8 Å². The van der Waals surface area contributed by atoms with Crippen molar-refractivity contribution in [2.75, 3.05) is 26.2 Å². The number of rotatable bonds is 2. The normalized spacial score (nSPS) is 14.7. The van der Waals surface area contributed by atoms with Crippen LogP contribution in [0.3, 0.4) is 0 Å². The monoisotopic (exact) mass is 335 g/mol. The standard InChI is InChI=1S/C18H17N5O2/c24-17(14-11-21-15-4-2-1-3-13(14)15)22-7-9-23(10-8-22)18(25)16-12-19-5-6-20-16/h1-6,11-12,21H,7-10H2. The van der Waals surface area contributed by atoms with Crippen LogP contribution in [0.25, 0.3) is 10.9 Å². The van der Waals surface area contributed by atoms with Crippen molar-refractivity contribution in [1.82, 2.24) is 24.8 Å². The molecule has 0 spiro atoms. The first kappa shape index (κ1) is 15.3. The van der Waals surface area contributed by atoms with Crippen LogP contribution in [-0.4, -0.2) is 62.7 Å². The van der Waals surface area contributed by atoms with E-state index >= 15 is 0 Å². The van der Waals surface area contributed by atoms with Gasteiger partial charge in [-0.25, -0.2) is 4.98 Å². The summed E-state index contributed by atoms with van der Waals surface area (Å²) >= 11 is 0. The third-order valence-corrected chi connectivity index (χ3v) is 4.46. The average molecular weight is 335 g/mol. The number of carbonyl (C=O) groups excluding carboxylic acids is 2. The number of hydrogen-bond acceptors (Lipinski definition) is 4. The zero-order valence-electron chi connectivity index (χ0n) is 13.6. The van der Waals surface area contributed by atoms with Gasteiger partial charge >= 0.3 is 0 Å². The van der Waals surface area contributed by atoms with Gasteiger partial charge in [0, 0.05) is 55.7 Å². The van der Waals surface area contributed by atoms with E-state index in [0.717, 1.165) is 10.9 Å². The Morgan fingerprint density at radius 1 is 0.960 bits per heavy atom. The van der Waals surface area contributed by atoms with Gasteiger partial charge in [0.1, 0.15) is 5.69 Å². The molecular weight excluding hydrogens is 318 g/mol. The highest BCUT2D eigenvalue weighted by Crippen LogP contribution is 2.20. The topological polar surface area (TPSA) is 82.2 Å². The van der Waals surface area contributed by atoms with E-state index in [-0.39, 0.29) is 11.8 Å². The van der Waals surface area contributed by atoms with Crippen molar-refractivity contribution in [2.45, 2.75) is 0 Å². The number of benzene rings is 1. The Bertz CT molecular complexity index is 913. The van der Waals surface area contributed by atoms with Gasteiger partial charge in [0.25, 0.3) is 11.8 Å². The molecule has 7 nitrogen and oxygen atoms in total. The van der Waals surface area contributed by atoms with Crippen molar-refractivity contribution >= 4 is 22.7 Å². The largest absolute Gasteiger partial charge is 0.360 e. The SMILES string of the molecule is O=C(c1cnccn1)N1CCN(C(=O)c2c[nH]c3ccccc23)CC1. The number of H-pyrrole nitrogens is 1. The second kappa shape index (κ2) is 6.35. The van der Waals surface area contributed by atoms with Gasteiger partial charge in [-0.3, -0.25) is 14.6 Å². The first-order chi connectivity index (χ1) is 12.2. The summed E-state index contributed by atoms with van der Waals surface area (Å²) in [5.41, 5.74) is 1.95. The van der Waals surface area contributed by atoms with Crippen molar-refractivity contribution in [3.05, 3.63) is 60.3 Å². The lowest BCUT2D eigenvalue weighted by molar-refractivity contribution is 0.0533. The van der Waals surface area contributed by atoms with Crippen LogP contribution in [0.1, 0.15) is 20.8 Å². The molecule has 25 heavy (non-hydrogen) atoms. The predicted octanol–water partition coefficient (Wildman–Crippen LogP) is 1.56. The first-order valence-electron chi connectivity index (χ1n) is 8.15. The minimum Gasteiger partial charge on any atom is -0.360 e. The Morgan fingerprint density at radius 3 is 2.40 bits per heavy atom. The van der Waals surface area contributed by atoms with Gasteiger partial charge in [0.15, 0.2) is 0 Å². The highest BCUT2D eigenvalue weighted by atomic mass is 16.2. The third kappa shape index (κ3) is 2.84. The Labute approximate surface area is 144 Å². The van der Waals surface area contributed by atoms with E-state index in [1.165, 1.54) is 18.6 Å². The van der Waals surface area contributed by atoms with E-state index in [0.29, 0.717) is 37.4 Å². The molecular formula is C18H17N5O2. The molecule has 4 rings (SSSR count). The van der Waals surface area contributed by atoms with Crippen LogP contribution in [0.15, 0.2) is 49.1 Å². The van der Waals surface area contributed by atoms with Gasteiger partial charge in [-0.1, -0.05) is 18.2 Å². The molecule has 0 radical (unpaired) electrons. The molecule has 3 aromatic rings. The second-order valence-electron chi connectivity index (χ2n) is 5.92. The smallest absolute Gasteiger partial charge is 0.274 e. The molecule has 1 fully saturated rings. The van der Waals surface area contributed by atoms with Gasteiger partial charge in [0.05, 0.1) is 11.8 Å². The molecule has 0 unspecified atom stereocenters. The second-order valence-corrected chi connectivity index (χ2v) is 5.92. The molecule has 3 heterocycles. The van der Waals surface area contributed by atoms with E-state index in [1.54, 1.807) is 16.0 Å². The van der Waals surface area contributed by atoms with Crippen molar-refractivity contribution in [2.24, 2.45) is 0 Å². The van der Waals surface area contributed by atoms with Crippen LogP contribution in [0.2, 0.25) is 0 Å². The molecule has 1 aliphatic heterocycles. The number of hydrogen-bond donors (Lipinski definition) is 1. The number of piperazine rings is 1. The molecule has 0 bridgehead atoms. The molecule has 2 amide bonds. The predicted molar refractivity (Wildman–Crippen MR) is 92.1 cm³/mol. The summed E-state index contributed by atoms with van der Waals surface area (Å²) < 4.78 is 0. The molecule has 1 saturated heterocycles. The Morgan fingerprint density at radius 2 is 1.68 bits per heavy atom.